The quantitative estimate of drug-likeness (QED) is 0.898. The van der Waals surface area contributed by atoms with E-state index in [1.54, 1.807) is 0 Å². The first-order valence-corrected chi connectivity index (χ1v) is 5.63. The Morgan fingerprint density at radius 1 is 1.38 bits per heavy atom. The monoisotopic (exact) mass is 316 g/mol. The van der Waals surface area contributed by atoms with Crippen molar-refractivity contribution in [2.45, 2.75) is 12.6 Å². The fourth-order valence-electron chi connectivity index (χ4n) is 1.24. The zero-order valence-electron chi connectivity index (χ0n) is 8.06. The van der Waals surface area contributed by atoms with Crippen LogP contribution in [0.3, 0.4) is 0 Å². The fourth-order valence-corrected chi connectivity index (χ4v) is 2.08. The molecule has 1 rings (SSSR count). The second-order valence-corrected chi connectivity index (χ2v) is 4.65. The molecule has 0 aliphatic heterocycles. The van der Waals surface area contributed by atoms with E-state index in [2.05, 4.69) is 15.9 Å². The molecule has 0 aliphatic carbocycles. The zero-order chi connectivity index (χ0) is 12.3. The maximum Gasteiger partial charge on any atom is 0.394 e. The molecule has 6 heteroatoms. The van der Waals surface area contributed by atoms with Gasteiger partial charge < -0.3 is 5.11 Å². The Hall–Kier alpha value is -0.260. The second-order valence-electron chi connectivity index (χ2n) is 3.36. The summed E-state index contributed by atoms with van der Waals surface area (Å²) in [6, 6.07) is 4.56. The van der Waals surface area contributed by atoms with E-state index in [0.29, 0.717) is 15.1 Å². The molecule has 1 nitrogen and oxygen atoms in total. The molecule has 0 aliphatic rings. The molecule has 0 amide bonds. The maximum atomic E-state index is 12.4. The summed E-state index contributed by atoms with van der Waals surface area (Å²) in [5, 5.41) is 9.15. The topological polar surface area (TPSA) is 20.2 Å². The van der Waals surface area contributed by atoms with Crippen LogP contribution in [0, 0.1) is 5.92 Å². The SMILES string of the molecule is OC[C@@H](Cc1ccc(Cl)cc1Br)C(F)(F)F. The van der Waals surface area contributed by atoms with Crippen LogP contribution in [0.4, 0.5) is 13.2 Å². The molecule has 1 atom stereocenters. The standard InChI is InChI=1S/C10H9BrClF3O/c11-9-4-8(12)2-1-6(9)3-7(5-16)10(13,14)15/h1-2,4,7,16H,3,5H2/t7-/m1/s1. The first kappa shape index (κ1) is 13.8. The third kappa shape index (κ3) is 3.64. The van der Waals surface area contributed by atoms with Crippen LogP contribution < -0.4 is 0 Å². The number of benzene rings is 1. The molecule has 0 radical (unpaired) electrons. The molecule has 90 valence electrons. The molecule has 0 aromatic heterocycles. The summed E-state index contributed by atoms with van der Waals surface area (Å²) in [7, 11) is 0. The predicted molar refractivity (Wildman–Crippen MR) is 59.5 cm³/mol. The number of rotatable bonds is 3. The van der Waals surface area contributed by atoms with Gasteiger partial charge in [0.05, 0.1) is 12.5 Å². The first-order chi connectivity index (χ1) is 7.34. The summed E-state index contributed by atoms with van der Waals surface area (Å²) < 4.78 is 37.8. The Labute approximate surface area is 104 Å². The number of aliphatic hydroxyl groups excluding tert-OH is 1. The molecule has 0 saturated carbocycles. The number of halogens is 5. The summed E-state index contributed by atoms with van der Waals surface area (Å²) in [6.07, 6.45) is -4.66. The lowest BCUT2D eigenvalue weighted by Crippen LogP contribution is -2.28. The number of hydrogen-bond donors (Lipinski definition) is 1. The number of hydrogen-bond acceptors (Lipinski definition) is 1. The molecule has 0 heterocycles. The van der Waals surface area contributed by atoms with Crippen molar-refractivity contribution in [2.24, 2.45) is 5.92 Å². The lowest BCUT2D eigenvalue weighted by molar-refractivity contribution is -0.183. The van der Waals surface area contributed by atoms with Crippen molar-refractivity contribution in [2.75, 3.05) is 6.61 Å². The Bertz CT molecular complexity index is 368. The minimum Gasteiger partial charge on any atom is -0.396 e. The Morgan fingerprint density at radius 2 is 2.00 bits per heavy atom. The molecule has 0 unspecified atom stereocenters. The Kier molecular flexibility index (Phi) is 4.64. The van der Waals surface area contributed by atoms with Crippen LogP contribution in [0.1, 0.15) is 5.56 Å². The summed E-state index contributed by atoms with van der Waals surface area (Å²) in [6.45, 7) is -0.918. The third-order valence-electron chi connectivity index (χ3n) is 2.16. The van der Waals surface area contributed by atoms with E-state index in [1.807, 2.05) is 0 Å². The van der Waals surface area contributed by atoms with Crippen LogP contribution in [-0.4, -0.2) is 17.9 Å². The van der Waals surface area contributed by atoms with Crippen LogP contribution in [0.2, 0.25) is 5.02 Å². The van der Waals surface area contributed by atoms with Gasteiger partial charge in [-0.15, -0.1) is 0 Å². The smallest absolute Gasteiger partial charge is 0.394 e. The van der Waals surface area contributed by atoms with E-state index in [0.717, 1.165) is 0 Å². The van der Waals surface area contributed by atoms with Gasteiger partial charge in [-0.2, -0.15) is 13.2 Å². The van der Waals surface area contributed by atoms with Gasteiger partial charge in [-0.3, -0.25) is 0 Å². The highest BCUT2D eigenvalue weighted by Crippen LogP contribution is 2.31. The molecular weight excluding hydrogens is 308 g/mol. The first-order valence-electron chi connectivity index (χ1n) is 4.46. The predicted octanol–water partition coefficient (Wildman–Crippen LogP) is 3.82. The van der Waals surface area contributed by atoms with E-state index < -0.39 is 18.7 Å². The molecule has 1 aromatic carbocycles. The minimum atomic E-state index is -4.40. The van der Waals surface area contributed by atoms with Crippen molar-refractivity contribution in [1.82, 2.24) is 0 Å². The lowest BCUT2D eigenvalue weighted by Gasteiger charge is -2.18. The van der Waals surface area contributed by atoms with Gasteiger partial charge in [-0.05, 0) is 24.1 Å². The Morgan fingerprint density at radius 3 is 2.44 bits per heavy atom. The molecular formula is C10H9BrClF3O. The molecule has 1 N–H and O–H groups in total. The highest BCUT2D eigenvalue weighted by Gasteiger charge is 2.39. The minimum absolute atomic E-state index is 0.266. The molecule has 0 bridgehead atoms. The van der Waals surface area contributed by atoms with Crippen LogP contribution >= 0.6 is 27.5 Å². The van der Waals surface area contributed by atoms with Crippen LogP contribution in [-0.2, 0) is 6.42 Å². The van der Waals surface area contributed by atoms with Gasteiger partial charge in [0.25, 0.3) is 0 Å². The zero-order valence-corrected chi connectivity index (χ0v) is 10.4. The highest BCUT2D eigenvalue weighted by atomic mass is 79.9. The summed E-state index contributed by atoms with van der Waals surface area (Å²) in [4.78, 5) is 0. The third-order valence-corrected chi connectivity index (χ3v) is 3.14. The summed E-state index contributed by atoms with van der Waals surface area (Å²) in [5.41, 5.74) is 0.473. The van der Waals surface area contributed by atoms with Gasteiger partial charge in [0.15, 0.2) is 0 Å². The highest BCUT2D eigenvalue weighted by molar-refractivity contribution is 9.10. The van der Waals surface area contributed by atoms with Crippen molar-refractivity contribution in [3.05, 3.63) is 33.3 Å². The maximum absolute atomic E-state index is 12.4. The van der Waals surface area contributed by atoms with Gasteiger partial charge in [-0.1, -0.05) is 33.6 Å². The number of alkyl halides is 3. The summed E-state index contributed by atoms with van der Waals surface area (Å²) in [5.74, 6) is -1.75. The van der Waals surface area contributed by atoms with E-state index >= 15 is 0 Å². The van der Waals surface area contributed by atoms with Crippen LogP contribution in [0.5, 0.6) is 0 Å². The molecule has 0 spiro atoms. The average molecular weight is 318 g/mol. The van der Waals surface area contributed by atoms with E-state index in [4.69, 9.17) is 16.7 Å². The van der Waals surface area contributed by atoms with Crippen molar-refractivity contribution < 1.29 is 18.3 Å². The van der Waals surface area contributed by atoms with E-state index in [9.17, 15) is 13.2 Å². The molecule has 16 heavy (non-hydrogen) atoms. The van der Waals surface area contributed by atoms with Gasteiger partial charge in [0, 0.05) is 9.50 Å². The normalized spacial score (nSPS) is 13.9. The van der Waals surface area contributed by atoms with Crippen molar-refractivity contribution in [3.63, 3.8) is 0 Å². The van der Waals surface area contributed by atoms with Crippen molar-refractivity contribution in [1.29, 1.82) is 0 Å². The lowest BCUT2D eigenvalue weighted by atomic mass is 10.00. The van der Waals surface area contributed by atoms with Crippen molar-refractivity contribution >= 4 is 27.5 Å². The molecule has 1 aromatic rings. The molecule has 0 fully saturated rings. The van der Waals surface area contributed by atoms with Gasteiger partial charge >= 0.3 is 6.18 Å². The van der Waals surface area contributed by atoms with Crippen LogP contribution in [0.25, 0.3) is 0 Å². The molecule has 0 saturated heterocycles. The van der Waals surface area contributed by atoms with Gasteiger partial charge in [0.1, 0.15) is 0 Å². The average Bonchev–Trinajstić information content (AvgIpc) is 2.14. The second kappa shape index (κ2) is 5.38. The van der Waals surface area contributed by atoms with E-state index in [-0.39, 0.29) is 6.42 Å². The van der Waals surface area contributed by atoms with Crippen LogP contribution in [0.15, 0.2) is 22.7 Å². The van der Waals surface area contributed by atoms with Gasteiger partial charge in [-0.25, -0.2) is 0 Å². The Balaban J connectivity index is 2.86. The van der Waals surface area contributed by atoms with Gasteiger partial charge in [0.2, 0.25) is 0 Å². The number of aliphatic hydroxyl groups is 1. The largest absolute Gasteiger partial charge is 0.396 e. The van der Waals surface area contributed by atoms with Crippen molar-refractivity contribution in [3.8, 4) is 0 Å². The van der Waals surface area contributed by atoms with E-state index in [1.165, 1.54) is 18.2 Å². The fraction of sp³-hybridized carbons (Fsp3) is 0.400. The summed E-state index contributed by atoms with van der Waals surface area (Å²) >= 11 is 8.81.